The summed E-state index contributed by atoms with van der Waals surface area (Å²) in [4.78, 5) is 17.4. The minimum atomic E-state index is -4.95. The molecule has 2 heterocycles. The van der Waals surface area contributed by atoms with Gasteiger partial charge < -0.3 is 14.9 Å². The van der Waals surface area contributed by atoms with Gasteiger partial charge in [0.1, 0.15) is 11.8 Å². The largest absolute Gasteiger partial charge is 0.492 e. The highest BCUT2D eigenvalue weighted by Crippen LogP contribution is 2.29. The molecule has 0 spiro atoms. The molecule has 38 heavy (non-hydrogen) atoms. The highest BCUT2D eigenvalue weighted by Gasteiger charge is 2.39. The van der Waals surface area contributed by atoms with Crippen molar-refractivity contribution in [3.05, 3.63) is 81.6 Å². The topological polar surface area (TPSA) is 107 Å². The van der Waals surface area contributed by atoms with E-state index < -0.39 is 36.4 Å². The SMILES string of the molecule is COc1c(F)cccc1-n1nc(Cn2cc(-c3ccc(Cl)cc3)n(CC(O)C(F)(F)F)c2=O)nc1C(C)O. The van der Waals surface area contributed by atoms with Crippen molar-refractivity contribution in [2.75, 3.05) is 7.11 Å². The fourth-order valence-electron chi connectivity index (χ4n) is 3.85. The number of alkyl halides is 3. The van der Waals surface area contributed by atoms with Crippen LogP contribution >= 0.6 is 11.6 Å². The zero-order valence-electron chi connectivity index (χ0n) is 20.0. The number of methoxy groups -OCH3 is 1. The van der Waals surface area contributed by atoms with E-state index in [1.165, 1.54) is 62.7 Å². The summed E-state index contributed by atoms with van der Waals surface area (Å²) in [6, 6.07) is 10.1. The molecule has 2 N–H and O–H groups in total. The number of aliphatic hydroxyl groups excluding tert-OH is 2. The van der Waals surface area contributed by atoms with Crippen LogP contribution in [0.3, 0.4) is 0 Å². The molecule has 0 bridgehead atoms. The molecule has 9 nitrogen and oxygen atoms in total. The zero-order chi connectivity index (χ0) is 27.8. The molecule has 0 fully saturated rings. The summed E-state index contributed by atoms with van der Waals surface area (Å²) in [5.41, 5.74) is -0.247. The summed E-state index contributed by atoms with van der Waals surface area (Å²) in [5.74, 6) is -0.810. The second-order valence-electron chi connectivity index (χ2n) is 8.37. The molecule has 14 heteroatoms. The molecule has 0 amide bonds. The molecule has 0 radical (unpaired) electrons. The van der Waals surface area contributed by atoms with E-state index >= 15 is 0 Å². The summed E-state index contributed by atoms with van der Waals surface area (Å²) >= 11 is 5.92. The van der Waals surface area contributed by atoms with Crippen LogP contribution in [0.25, 0.3) is 16.9 Å². The molecule has 2 atom stereocenters. The van der Waals surface area contributed by atoms with E-state index in [1.54, 1.807) is 0 Å². The summed E-state index contributed by atoms with van der Waals surface area (Å²) < 4.78 is 61.8. The lowest BCUT2D eigenvalue weighted by Crippen LogP contribution is -2.37. The van der Waals surface area contributed by atoms with E-state index in [2.05, 4.69) is 10.1 Å². The monoisotopic (exact) mass is 555 g/mol. The van der Waals surface area contributed by atoms with Gasteiger partial charge in [-0.05, 0) is 36.8 Å². The zero-order valence-corrected chi connectivity index (χ0v) is 20.8. The van der Waals surface area contributed by atoms with Gasteiger partial charge in [-0.15, -0.1) is 5.10 Å². The van der Waals surface area contributed by atoms with Crippen molar-refractivity contribution >= 4 is 11.6 Å². The van der Waals surface area contributed by atoms with Crippen molar-refractivity contribution in [1.29, 1.82) is 0 Å². The predicted molar refractivity (Wildman–Crippen MR) is 129 cm³/mol. The second kappa shape index (κ2) is 10.6. The van der Waals surface area contributed by atoms with Crippen molar-refractivity contribution in [2.45, 2.75) is 38.4 Å². The Morgan fingerprint density at radius 1 is 1.13 bits per heavy atom. The number of hydrogen-bond donors (Lipinski definition) is 2. The lowest BCUT2D eigenvalue weighted by molar-refractivity contribution is -0.207. The van der Waals surface area contributed by atoms with Crippen LogP contribution in [0.4, 0.5) is 17.6 Å². The Morgan fingerprint density at radius 3 is 2.42 bits per heavy atom. The maximum absolute atomic E-state index is 14.3. The molecule has 202 valence electrons. The van der Waals surface area contributed by atoms with Crippen molar-refractivity contribution in [2.24, 2.45) is 0 Å². The van der Waals surface area contributed by atoms with Crippen molar-refractivity contribution in [1.82, 2.24) is 23.9 Å². The van der Waals surface area contributed by atoms with Gasteiger partial charge in [-0.2, -0.15) is 13.2 Å². The Labute approximate surface area is 218 Å². The first-order valence-electron chi connectivity index (χ1n) is 11.2. The maximum atomic E-state index is 14.3. The van der Waals surface area contributed by atoms with Gasteiger partial charge in [0.15, 0.2) is 29.3 Å². The van der Waals surface area contributed by atoms with Crippen LogP contribution < -0.4 is 10.4 Å². The van der Waals surface area contributed by atoms with Gasteiger partial charge in [-0.25, -0.2) is 18.9 Å². The van der Waals surface area contributed by atoms with E-state index in [9.17, 15) is 32.6 Å². The number of ether oxygens (including phenoxy) is 1. The van der Waals surface area contributed by atoms with E-state index in [0.29, 0.717) is 10.6 Å². The number of para-hydroxylation sites is 1. The molecular weight excluding hydrogens is 534 g/mol. The number of halogens is 5. The molecule has 4 aromatic rings. The smallest absolute Gasteiger partial charge is 0.416 e. The van der Waals surface area contributed by atoms with Gasteiger partial charge in [0, 0.05) is 11.2 Å². The van der Waals surface area contributed by atoms with E-state index in [1.807, 2.05) is 0 Å². The molecule has 0 saturated carbocycles. The first-order valence-corrected chi connectivity index (χ1v) is 11.6. The molecule has 0 aliphatic carbocycles. The van der Waals surface area contributed by atoms with Crippen molar-refractivity contribution in [3.63, 3.8) is 0 Å². The summed E-state index contributed by atoms with van der Waals surface area (Å²) in [6.45, 7) is 0.0589. The third-order valence-electron chi connectivity index (χ3n) is 5.66. The Morgan fingerprint density at radius 2 is 1.82 bits per heavy atom. The minimum Gasteiger partial charge on any atom is -0.492 e. The predicted octanol–water partition coefficient (Wildman–Crippen LogP) is 3.72. The fraction of sp³-hybridized carbons (Fsp3) is 0.292. The third-order valence-corrected chi connectivity index (χ3v) is 5.91. The molecule has 2 unspecified atom stereocenters. The average Bonchev–Trinajstić information content (AvgIpc) is 3.41. The number of rotatable bonds is 8. The average molecular weight is 556 g/mol. The van der Waals surface area contributed by atoms with Crippen LogP contribution in [0, 0.1) is 5.82 Å². The van der Waals surface area contributed by atoms with Crippen LogP contribution in [0.1, 0.15) is 24.7 Å². The molecule has 2 aromatic carbocycles. The number of hydrogen-bond acceptors (Lipinski definition) is 6. The molecule has 0 aliphatic heterocycles. The lowest BCUT2D eigenvalue weighted by Gasteiger charge is -2.16. The van der Waals surface area contributed by atoms with Gasteiger partial charge in [0.25, 0.3) is 0 Å². The molecule has 0 saturated heterocycles. The van der Waals surface area contributed by atoms with Crippen LogP contribution in [-0.4, -0.2) is 53.5 Å². The molecular formula is C24H22ClF4N5O4. The summed E-state index contributed by atoms with van der Waals surface area (Å²) in [5, 5.41) is 24.6. The van der Waals surface area contributed by atoms with Crippen molar-refractivity contribution in [3.8, 4) is 22.7 Å². The lowest BCUT2D eigenvalue weighted by atomic mass is 10.1. The van der Waals surface area contributed by atoms with Crippen LogP contribution in [0.2, 0.25) is 5.02 Å². The Hall–Kier alpha value is -3.68. The first-order chi connectivity index (χ1) is 17.9. The molecule has 4 rings (SSSR count). The quantitative estimate of drug-likeness (QED) is 0.321. The first kappa shape index (κ1) is 27.4. The van der Waals surface area contributed by atoms with E-state index in [0.717, 1.165) is 13.8 Å². The summed E-state index contributed by atoms with van der Waals surface area (Å²) in [6.07, 6.45) is -7.59. The van der Waals surface area contributed by atoms with Gasteiger partial charge >= 0.3 is 11.9 Å². The molecule has 0 aliphatic rings. The number of aliphatic hydroxyl groups is 2. The van der Waals surface area contributed by atoms with Gasteiger partial charge in [0.2, 0.25) is 0 Å². The number of benzene rings is 2. The van der Waals surface area contributed by atoms with E-state index in [4.69, 9.17) is 16.3 Å². The molecule has 2 aromatic heterocycles. The standard InChI is InChI=1S/C24H22ClF4N5O4/c1-13(35)22-30-20(31-34(22)17-5-3-4-16(26)21(17)38-2)12-32-10-18(14-6-8-15(25)9-7-14)33(23(32)37)11-19(36)24(27,28)29/h3-10,13,19,35-36H,11-12H2,1-2H3. The maximum Gasteiger partial charge on any atom is 0.416 e. The second-order valence-corrected chi connectivity index (χ2v) is 8.80. The Balaban J connectivity index is 1.79. The number of nitrogens with zero attached hydrogens (tertiary/aromatic N) is 5. The van der Waals surface area contributed by atoms with Crippen LogP contribution in [0.5, 0.6) is 5.75 Å². The number of aromatic nitrogens is 5. The summed E-state index contributed by atoms with van der Waals surface area (Å²) in [7, 11) is 1.26. The van der Waals surface area contributed by atoms with Gasteiger partial charge in [0.05, 0.1) is 25.9 Å². The normalized spacial score (nSPS) is 13.5. The third kappa shape index (κ3) is 5.44. The van der Waals surface area contributed by atoms with Crippen LogP contribution in [-0.2, 0) is 13.1 Å². The van der Waals surface area contributed by atoms with Crippen molar-refractivity contribution < 1.29 is 32.5 Å². The van der Waals surface area contributed by atoms with E-state index in [-0.39, 0.29) is 35.3 Å². The number of imidazole rings is 1. The van der Waals surface area contributed by atoms with Gasteiger partial charge in [-0.1, -0.05) is 29.8 Å². The highest BCUT2D eigenvalue weighted by molar-refractivity contribution is 6.30. The minimum absolute atomic E-state index is 0.00508. The Kier molecular flexibility index (Phi) is 7.63. The Bertz CT molecular complexity index is 1500. The van der Waals surface area contributed by atoms with Gasteiger partial charge in [-0.3, -0.25) is 9.13 Å². The van der Waals surface area contributed by atoms with Crippen LogP contribution in [0.15, 0.2) is 53.5 Å². The fourth-order valence-corrected chi connectivity index (χ4v) is 3.98. The highest BCUT2D eigenvalue weighted by atomic mass is 35.5.